The number of allylic oxidation sites excluding steroid dienone is 1. The fourth-order valence-electron chi connectivity index (χ4n) is 4.41. The molecule has 0 aliphatic carbocycles. The number of aromatic nitrogens is 3. The van der Waals surface area contributed by atoms with Crippen LogP contribution in [0.1, 0.15) is 21.6 Å². The van der Waals surface area contributed by atoms with Gasteiger partial charge in [-0.1, -0.05) is 12.1 Å². The van der Waals surface area contributed by atoms with Gasteiger partial charge in [0.05, 0.1) is 39.8 Å². The first-order valence-electron chi connectivity index (χ1n) is 11.6. The molecule has 0 aliphatic rings. The molecular formula is C28H19ClF4N4O2. The Bertz CT molecular complexity index is 1790. The molecular weight excluding hydrogens is 536 g/mol. The Balaban J connectivity index is 1.55. The Labute approximate surface area is 224 Å². The minimum Gasteiger partial charge on any atom is -0.334 e. The van der Waals surface area contributed by atoms with Crippen molar-refractivity contribution in [2.45, 2.75) is 6.18 Å². The molecule has 0 atom stereocenters. The zero-order chi connectivity index (χ0) is 27.9. The van der Waals surface area contributed by atoms with Crippen LogP contribution in [0.2, 0.25) is 0 Å². The summed E-state index contributed by atoms with van der Waals surface area (Å²) in [6.45, 7) is 0. The topological polar surface area (TPSA) is 68.4 Å². The van der Waals surface area contributed by atoms with Gasteiger partial charge in [-0.2, -0.15) is 13.2 Å². The van der Waals surface area contributed by atoms with Gasteiger partial charge in [-0.05, 0) is 54.1 Å². The van der Waals surface area contributed by atoms with Crippen LogP contribution >= 0.6 is 11.6 Å². The van der Waals surface area contributed by atoms with Crippen LogP contribution in [0.25, 0.3) is 27.7 Å². The van der Waals surface area contributed by atoms with E-state index in [9.17, 15) is 27.2 Å². The van der Waals surface area contributed by atoms with Gasteiger partial charge in [-0.25, -0.2) is 9.37 Å². The van der Waals surface area contributed by atoms with Crippen molar-refractivity contribution in [1.82, 2.24) is 14.0 Å². The van der Waals surface area contributed by atoms with Crippen molar-refractivity contribution in [1.29, 1.82) is 0 Å². The Morgan fingerprint density at radius 2 is 1.85 bits per heavy atom. The first-order valence-corrected chi connectivity index (χ1v) is 12.1. The molecule has 198 valence electrons. The number of nitrogens with one attached hydrogen (secondary N) is 1. The molecule has 0 fully saturated rings. The van der Waals surface area contributed by atoms with E-state index in [-0.39, 0.29) is 34.0 Å². The average Bonchev–Trinajstić information content (AvgIpc) is 3.50. The van der Waals surface area contributed by atoms with Crippen LogP contribution in [-0.2, 0) is 18.0 Å². The number of rotatable bonds is 6. The van der Waals surface area contributed by atoms with E-state index in [1.165, 1.54) is 51.7 Å². The number of nitrogens with zero attached hydrogens (tertiary/aromatic N) is 3. The lowest BCUT2D eigenvalue weighted by Gasteiger charge is -2.15. The molecule has 0 spiro atoms. The molecule has 39 heavy (non-hydrogen) atoms. The van der Waals surface area contributed by atoms with Gasteiger partial charge >= 0.3 is 6.18 Å². The molecule has 1 N–H and O–H groups in total. The monoisotopic (exact) mass is 554 g/mol. The van der Waals surface area contributed by atoms with Gasteiger partial charge in [0.1, 0.15) is 5.82 Å². The fourth-order valence-corrected chi connectivity index (χ4v) is 4.50. The number of hydrogen-bond acceptors (Lipinski definition) is 3. The number of hydrogen-bond donors (Lipinski definition) is 1. The molecule has 11 heteroatoms. The van der Waals surface area contributed by atoms with E-state index < -0.39 is 29.2 Å². The minimum absolute atomic E-state index is 0.00177. The van der Waals surface area contributed by atoms with E-state index in [0.717, 1.165) is 18.2 Å². The van der Waals surface area contributed by atoms with E-state index in [2.05, 4.69) is 10.3 Å². The van der Waals surface area contributed by atoms with Gasteiger partial charge < -0.3 is 14.3 Å². The lowest BCUT2D eigenvalue weighted by molar-refractivity contribution is -0.137. The number of ketones is 1. The number of alkyl halides is 4. The van der Waals surface area contributed by atoms with Gasteiger partial charge in [0.25, 0.3) is 0 Å². The Morgan fingerprint density at radius 1 is 1.05 bits per heavy atom. The van der Waals surface area contributed by atoms with Crippen molar-refractivity contribution in [2.75, 3.05) is 11.2 Å². The second-order valence-corrected chi connectivity index (χ2v) is 9.01. The van der Waals surface area contributed by atoms with Crippen LogP contribution in [0, 0.1) is 5.82 Å². The van der Waals surface area contributed by atoms with Crippen LogP contribution in [0.15, 0.2) is 79.3 Å². The SMILES string of the molecule is Cn1cnc2cc(-c3cccn4c(C(=O)c5ccc(NC(=O)/C=C/CCl)c(F)c5)ccc34)c(C(F)(F)F)cc21. The van der Waals surface area contributed by atoms with Crippen molar-refractivity contribution in [3.05, 3.63) is 102 Å². The maximum absolute atomic E-state index is 14.7. The van der Waals surface area contributed by atoms with Crippen molar-refractivity contribution in [3.63, 3.8) is 0 Å². The third-order valence-electron chi connectivity index (χ3n) is 6.23. The van der Waals surface area contributed by atoms with Gasteiger partial charge in [0.15, 0.2) is 0 Å². The Hall–Kier alpha value is -4.44. The lowest BCUT2D eigenvalue weighted by Crippen LogP contribution is -2.11. The summed E-state index contributed by atoms with van der Waals surface area (Å²) in [5.41, 5.74) is 0.434. The molecule has 6 nitrogen and oxygen atoms in total. The molecule has 5 aromatic rings. The number of aryl methyl sites for hydroxylation is 1. The summed E-state index contributed by atoms with van der Waals surface area (Å²) in [6, 6.07) is 12.1. The summed E-state index contributed by atoms with van der Waals surface area (Å²) in [6.07, 6.45) is 0.902. The molecule has 0 aliphatic heterocycles. The van der Waals surface area contributed by atoms with Crippen LogP contribution < -0.4 is 5.32 Å². The molecule has 5 rings (SSSR count). The van der Waals surface area contributed by atoms with Crippen molar-refractivity contribution < 1.29 is 27.2 Å². The second-order valence-electron chi connectivity index (χ2n) is 8.71. The number of halogens is 5. The highest BCUT2D eigenvalue weighted by molar-refractivity contribution is 6.19. The maximum Gasteiger partial charge on any atom is 0.417 e. The highest BCUT2D eigenvalue weighted by atomic mass is 35.5. The first-order chi connectivity index (χ1) is 18.6. The number of carbonyl (C=O) groups is 2. The average molecular weight is 555 g/mol. The second kappa shape index (κ2) is 10.0. The number of anilines is 1. The Kier molecular flexibility index (Phi) is 6.73. The van der Waals surface area contributed by atoms with E-state index >= 15 is 0 Å². The highest BCUT2D eigenvalue weighted by Gasteiger charge is 2.35. The lowest BCUT2D eigenvalue weighted by atomic mass is 9.98. The molecule has 1 amide bonds. The van der Waals surface area contributed by atoms with Crippen molar-refractivity contribution in [3.8, 4) is 11.1 Å². The van der Waals surface area contributed by atoms with E-state index in [1.807, 2.05) is 0 Å². The molecule has 0 saturated carbocycles. The molecule has 0 bridgehead atoms. The summed E-state index contributed by atoms with van der Waals surface area (Å²) < 4.78 is 60.0. The quantitative estimate of drug-likeness (QED) is 0.111. The predicted molar refractivity (Wildman–Crippen MR) is 140 cm³/mol. The number of benzene rings is 2. The number of imidazole rings is 1. The van der Waals surface area contributed by atoms with Gasteiger partial charge in [-0.3, -0.25) is 9.59 Å². The smallest absolute Gasteiger partial charge is 0.334 e. The molecule has 3 heterocycles. The van der Waals surface area contributed by atoms with Gasteiger partial charge in [-0.15, -0.1) is 11.6 Å². The fraction of sp³-hybridized carbons (Fsp3) is 0.107. The van der Waals surface area contributed by atoms with E-state index in [1.54, 1.807) is 25.4 Å². The highest BCUT2D eigenvalue weighted by Crippen LogP contribution is 2.41. The standard InChI is InChI=1S/C28H19ClF4N4O2/c1-36-15-34-22-13-18(19(14-25(22)36)28(31,32)33)17-4-3-11-37-23(17)8-9-24(37)27(39)16-6-7-21(20(30)12-16)35-26(38)5-2-10-29/h2-9,11-15H,10H2,1H3,(H,35,38)/b5-2+. The number of carbonyl (C=O) groups excluding carboxylic acids is 2. The molecule has 3 aromatic heterocycles. The minimum atomic E-state index is -4.64. The van der Waals surface area contributed by atoms with Gasteiger partial charge in [0, 0.05) is 36.3 Å². The van der Waals surface area contributed by atoms with E-state index in [0.29, 0.717) is 16.6 Å². The van der Waals surface area contributed by atoms with Gasteiger partial charge in [0.2, 0.25) is 11.7 Å². The molecule has 0 unspecified atom stereocenters. The largest absolute Gasteiger partial charge is 0.417 e. The summed E-state index contributed by atoms with van der Waals surface area (Å²) in [4.78, 5) is 29.3. The zero-order valence-electron chi connectivity index (χ0n) is 20.3. The molecule has 2 aromatic carbocycles. The van der Waals surface area contributed by atoms with Crippen LogP contribution in [-0.4, -0.2) is 31.5 Å². The van der Waals surface area contributed by atoms with Crippen LogP contribution in [0.3, 0.4) is 0 Å². The summed E-state index contributed by atoms with van der Waals surface area (Å²) >= 11 is 5.49. The number of fused-ring (bicyclic) bond motifs is 2. The molecule has 0 radical (unpaired) electrons. The zero-order valence-corrected chi connectivity index (χ0v) is 21.0. The Morgan fingerprint density at radius 3 is 2.56 bits per heavy atom. The van der Waals surface area contributed by atoms with E-state index in [4.69, 9.17) is 11.6 Å². The molecule has 0 saturated heterocycles. The van der Waals surface area contributed by atoms with Crippen LogP contribution in [0.5, 0.6) is 0 Å². The number of pyridine rings is 1. The third kappa shape index (κ3) is 4.90. The summed E-state index contributed by atoms with van der Waals surface area (Å²) in [5.74, 6) is -1.84. The van der Waals surface area contributed by atoms with Crippen molar-refractivity contribution >= 4 is 45.5 Å². The summed E-state index contributed by atoms with van der Waals surface area (Å²) in [7, 11) is 1.61. The summed E-state index contributed by atoms with van der Waals surface area (Å²) in [5, 5.41) is 2.36. The first kappa shape index (κ1) is 26.2. The van der Waals surface area contributed by atoms with Crippen LogP contribution in [0.4, 0.5) is 23.2 Å². The maximum atomic E-state index is 14.7. The third-order valence-corrected chi connectivity index (χ3v) is 6.41. The number of amides is 1. The predicted octanol–water partition coefficient (Wildman–Crippen LogP) is 6.62. The van der Waals surface area contributed by atoms with Crippen molar-refractivity contribution in [2.24, 2.45) is 7.05 Å². The normalized spacial score (nSPS) is 12.1.